The van der Waals surface area contributed by atoms with E-state index >= 15 is 0 Å². The highest BCUT2D eigenvalue weighted by Crippen LogP contribution is 2.26. The number of benzene rings is 1. The largest absolute Gasteiger partial charge is 0.481 e. The van der Waals surface area contributed by atoms with E-state index in [2.05, 4.69) is 23.2 Å². The number of aromatic nitrogens is 3. The summed E-state index contributed by atoms with van der Waals surface area (Å²) in [5.41, 5.74) is 3.38. The molecule has 5 nitrogen and oxygen atoms in total. The zero-order chi connectivity index (χ0) is 14.7. The van der Waals surface area contributed by atoms with Crippen molar-refractivity contribution in [1.29, 1.82) is 0 Å². The third kappa shape index (κ3) is 3.01. The topological polar surface area (TPSA) is 68.0 Å². The fourth-order valence-electron chi connectivity index (χ4n) is 2.07. The van der Waals surface area contributed by atoms with Crippen LogP contribution in [0.15, 0.2) is 23.4 Å². The second-order valence-electron chi connectivity index (χ2n) is 4.55. The van der Waals surface area contributed by atoms with E-state index in [1.54, 1.807) is 0 Å². The van der Waals surface area contributed by atoms with E-state index in [9.17, 15) is 4.79 Å². The van der Waals surface area contributed by atoms with Gasteiger partial charge in [0.1, 0.15) is 0 Å². The van der Waals surface area contributed by atoms with E-state index in [1.165, 1.54) is 17.3 Å². The van der Waals surface area contributed by atoms with E-state index in [0.717, 1.165) is 17.0 Å². The van der Waals surface area contributed by atoms with Crippen molar-refractivity contribution in [3.63, 3.8) is 0 Å². The van der Waals surface area contributed by atoms with Crippen LogP contribution in [-0.4, -0.2) is 31.6 Å². The van der Waals surface area contributed by atoms with Crippen LogP contribution in [0, 0.1) is 13.8 Å². The summed E-state index contributed by atoms with van der Waals surface area (Å²) in [5.74, 6) is -0.0722. The second kappa shape index (κ2) is 6.09. The number of carboxylic acids is 1. The molecule has 0 saturated heterocycles. The summed E-state index contributed by atoms with van der Waals surface area (Å²) in [7, 11) is 0. The molecule has 1 aromatic heterocycles. The van der Waals surface area contributed by atoms with Gasteiger partial charge in [0.2, 0.25) is 0 Å². The fraction of sp³-hybridized carbons (Fsp3) is 0.357. The van der Waals surface area contributed by atoms with Gasteiger partial charge in [0.05, 0.1) is 5.75 Å². The van der Waals surface area contributed by atoms with Crippen molar-refractivity contribution in [2.75, 3.05) is 5.75 Å². The van der Waals surface area contributed by atoms with Crippen LogP contribution in [0.4, 0.5) is 0 Å². The zero-order valence-electron chi connectivity index (χ0n) is 11.8. The molecule has 1 heterocycles. The Morgan fingerprint density at radius 3 is 2.70 bits per heavy atom. The molecule has 0 bridgehead atoms. The Bertz CT molecular complexity index is 637. The van der Waals surface area contributed by atoms with Crippen molar-refractivity contribution in [3.05, 3.63) is 29.3 Å². The molecule has 2 rings (SSSR count). The summed E-state index contributed by atoms with van der Waals surface area (Å²) in [5, 5.41) is 17.7. The first-order valence-corrected chi connectivity index (χ1v) is 7.37. The first-order chi connectivity index (χ1) is 9.52. The molecule has 0 saturated carbocycles. The van der Waals surface area contributed by atoms with Crippen LogP contribution in [0.2, 0.25) is 0 Å². The van der Waals surface area contributed by atoms with Crippen LogP contribution in [0.25, 0.3) is 11.4 Å². The van der Waals surface area contributed by atoms with Gasteiger partial charge < -0.3 is 9.67 Å². The van der Waals surface area contributed by atoms with Crippen LogP contribution in [0.3, 0.4) is 0 Å². The van der Waals surface area contributed by atoms with Crippen LogP contribution in [0.1, 0.15) is 18.1 Å². The molecule has 0 amide bonds. The first kappa shape index (κ1) is 14.6. The molecule has 20 heavy (non-hydrogen) atoms. The van der Waals surface area contributed by atoms with Crippen molar-refractivity contribution < 1.29 is 9.90 Å². The zero-order valence-corrected chi connectivity index (χ0v) is 12.6. The quantitative estimate of drug-likeness (QED) is 0.858. The molecule has 6 heteroatoms. The SMILES string of the molecule is CCn1c(SCC(=O)O)nnc1-c1ccc(C)cc1C. The summed E-state index contributed by atoms with van der Waals surface area (Å²) >= 11 is 1.19. The number of aryl methyl sites for hydroxylation is 2. The summed E-state index contributed by atoms with van der Waals surface area (Å²) in [6.07, 6.45) is 0. The van der Waals surface area contributed by atoms with E-state index < -0.39 is 5.97 Å². The lowest BCUT2D eigenvalue weighted by atomic mass is 10.1. The molecule has 0 atom stereocenters. The van der Waals surface area contributed by atoms with E-state index in [1.807, 2.05) is 30.5 Å². The van der Waals surface area contributed by atoms with Gasteiger partial charge in [-0.2, -0.15) is 0 Å². The van der Waals surface area contributed by atoms with Gasteiger partial charge in [0.15, 0.2) is 11.0 Å². The van der Waals surface area contributed by atoms with Crippen LogP contribution < -0.4 is 0 Å². The van der Waals surface area contributed by atoms with Crippen LogP contribution in [-0.2, 0) is 11.3 Å². The van der Waals surface area contributed by atoms with Gasteiger partial charge in [-0.15, -0.1) is 10.2 Å². The summed E-state index contributed by atoms with van der Waals surface area (Å²) < 4.78 is 1.95. The van der Waals surface area contributed by atoms with Crippen molar-refractivity contribution in [3.8, 4) is 11.4 Å². The smallest absolute Gasteiger partial charge is 0.313 e. The van der Waals surface area contributed by atoms with Crippen molar-refractivity contribution in [2.45, 2.75) is 32.5 Å². The third-order valence-corrected chi connectivity index (χ3v) is 3.93. The van der Waals surface area contributed by atoms with Gasteiger partial charge in [-0.1, -0.05) is 35.5 Å². The number of aliphatic carboxylic acids is 1. The van der Waals surface area contributed by atoms with Gasteiger partial charge in [-0.05, 0) is 26.3 Å². The molecule has 1 N–H and O–H groups in total. The molecule has 0 spiro atoms. The number of carbonyl (C=O) groups is 1. The van der Waals surface area contributed by atoms with Crippen molar-refractivity contribution >= 4 is 17.7 Å². The number of rotatable bonds is 5. The minimum atomic E-state index is -0.853. The lowest BCUT2D eigenvalue weighted by Crippen LogP contribution is -2.03. The molecule has 0 fully saturated rings. The summed E-state index contributed by atoms with van der Waals surface area (Å²) in [4.78, 5) is 10.7. The second-order valence-corrected chi connectivity index (χ2v) is 5.49. The van der Waals surface area contributed by atoms with Crippen molar-refractivity contribution in [2.24, 2.45) is 0 Å². The molecule has 0 aliphatic carbocycles. The van der Waals surface area contributed by atoms with Gasteiger partial charge in [0.25, 0.3) is 0 Å². The highest BCUT2D eigenvalue weighted by molar-refractivity contribution is 7.99. The molecule has 0 unspecified atom stereocenters. The predicted octanol–water partition coefficient (Wildman–Crippen LogP) is 2.76. The number of carboxylic acid groups (broad SMARTS) is 1. The Morgan fingerprint density at radius 1 is 1.35 bits per heavy atom. The lowest BCUT2D eigenvalue weighted by molar-refractivity contribution is -0.133. The molecular weight excluding hydrogens is 274 g/mol. The fourth-order valence-corrected chi connectivity index (χ4v) is 2.79. The minimum Gasteiger partial charge on any atom is -0.481 e. The minimum absolute atomic E-state index is 0.00892. The summed E-state index contributed by atoms with van der Waals surface area (Å²) in [6, 6.07) is 6.18. The Hall–Kier alpha value is -1.82. The molecular formula is C14H17N3O2S. The van der Waals surface area contributed by atoms with E-state index in [0.29, 0.717) is 11.7 Å². The Kier molecular flexibility index (Phi) is 4.44. The van der Waals surface area contributed by atoms with E-state index in [-0.39, 0.29) is 5.75 Å². The van der Waals surface area contributed by atoms with Gasteiger partial charge in [-0.3, -0.25) is 4.79 Å². The normalized spacial score (nSPS) is 10.8. The van der Waals surface area contributed by atoms with E-state index in [4.69, 9.17) is 5.11 Å². The average molecular weight is 291 g/mol. The van der Waals surface area contributed by atoms with Crippen molar-refractivity contribution in [1.82, 2.24) is 14.8 Å². The maximum absolute atomic E-state index is 10.7. The number of thioether (sulfide) groups is 1. The average Bonchev–Trinajstić information content (AvgIpc) is 2.79. The van der Waals surface area contributed by atoms with Gasteiger partial charge in [-0.25, -0.2) is 0 Å². The highest BCUT2D eigenvalue weighted by atomic mass is 32.2. The van der Waals surface area contributed by atoms with Crippen LogP contribution in [0.5, 0.6) is 0 Å². The molecule has 106 valence electrons. The number of hydrogen-bond acceptors (Lipinski definition) is 4. The standard InChI is InChI=1S/C14H17N3O2S/c1-4-17-13(11-6-5-9(2)7-10(11)3)15-16-14(17)20-8-12(18)19/h5-7H,4,8H2,1-3H3,(H,18,19). The first-order valence-electron chi connectivity index (χ1n) is 6.38. The lowest BCUT2D eigenvalue weighted by Gasteiger charge is -2.09. The monoisotopic (exact) mass is 291 g/mol. The third-order valence-electron chi connectivity index (χ3n) is 2.98. The number of nitrogens with zero attached hydrogens (tertiary/aromatic N) is 3. The molecule has 2 aromatic rings. The van der Waals surface area contributed by atoms with Gasteiger partial charge in [0, 0.05) is 12.1 Å². The Morgan fingerprint density at radius 2 is 2.10 bits per heavy atom. The number of hydrogen-bond donors (Lipinski definition) is 1. The molecule has 1 aromatic carbocycles. The Balaban J connectivity index is 2.39. The molecule has 0 aliphatic heterocycles. The molecule has 0 aliphatic rings. The Labute approximate surface area is 122 Å². The maximum Gasteiger partial charge on any atom is 0.313 e. The summed E-state index contributed by atoms with van der Waals surface area (Å²) in [6.45, 7) is 6.80. The van der Waals surface area contributed by atoms with Gasteiger partial charge >= 0.3 is 5.97 Å². The maximum atomic E-state index is 10.7. The highest BCUT2D eigenvalue weighted by Gasteiger charge is 2.15. The predicted molar refractivity (Wildman–Crippen MR) is 79.0 cm³/mol. The molecule has 0 radical (unpaired) electrons. The van der Waals surface area contributed by atoms with Crippen LogP contribution >= 0.6 is 11.8 Å².